The molecule has 12 aliphatic rings. The second-order valence-corrected chi connectivity index (χ2v) is 36.6. The van der Waals surface area contributed by atoms with E-state index in [2.05, 4.69) is 21.3 Å². The maximum absolute atomic E-state index is 13.4. The third kappa shape index (κ3) is 25.4. The Hall–Kier alpha value is -4.28. The Bertz CT molecular complexity index is 3940. The van der Waals surface area contributed by atoms with Crippen molar-refractivity contribution in [3.63, 3.8) is 0 Å². The predicted molar refractivity (Wildman–Crippen MR) is 437 cm³/mol. The maximum Gasteiger partial charge on any atom is 0.217 e. The normalized spacial score (nSPS) is 50.9. The largest absolute Gasteiger partial charge is 0.394 e. The van der Waals surface area contributed by atoms with Crippen LogP contribution in [0.3, 0.4) is 0 Å². The van der Waals surface area contributed by atoms with Gasteiger partial charge in [0, 0.05) is 27.7 Å². The molecular weight excluding hydrogens is 1940 g/mol. The van der Waals surface area contributed by atoms with Crippen molar-refractivity contribution in [2.24, 2.45) is 0 Å². The number of amides is 4. The molecule has 60 atom stereocenters. The van der Waals surface area contributed by atoms with Crippen LogP contribution in [0, 0.1) is 0 Å². The van der Waals surface area contributed by atoms with E-state index >= 15 is 0 Å². The number of rotatable bonds is 35. The van der Waals surface area contributed by atoms with Gasteiger partial charge in [0.1, 0.15) is 274 Å². The van der Waals surface area contributed by atoms with Gasteiger partial charge >= 0.3 is 0 Å². The summed E-state index contributed by atoms with van der Waals surface area (Å²) < 4.78 is 138. The van der Waals surface area contributed by atoms with Crippen molar-refractivity contribution >= 4 is 23.6 Å². The van der Waals surface area contributed by atoms with E-state index in [9.17, 15) is 177 Å². The average molecular weight is 2080 g/mol. The molecule has 12 heterocycles. The van der Waals surface area contributed by atoms with Crippen molar-refractivity contribution in [3.8, 4) is 0 Å². The van der Waals surface area contributed by atoms with Gasteiger partial charge in [-0.25, -0.2) is 0 Å². The van der Waals surface area contributed by atoms with Crippen molar-refractivity contribution in [3.05, 3.63) is 0 Å². The van der Waals surface area contributed by atoms with Crippen LogP contribution in [-0.2, 0) is 128 Å². The van der Waals surface area contributed by atoms with Crippen LogP contribution >= 0.6 is 0 Å². The van der Waals surface area contributed by atoms with Crippen molar-refractivity contribution in [2.45, 2.75) is 417 Å². The summed E-state index contributed by atoms with van der Waals surface area (Å²) in [6, 6.07) is -8.01. The summed E-state index contributed by atoms with van der Waals surface area (Å²) in [5.74, 6) is -3.94. The Morgan fingerprint density at radius 2 is 0.430 bits per heavy atom. The highest BCUT2D eigenvalue weighted by molar-refractivity contribution is 5.74. The lowest BCUT2D eigenvalue weighted by atomic mass is 9.93. The van der Waals surface area contributed by atoms with Crippen LogP contribution < -0.4 is 21.3 Å². The molecule has 62 nitrogen and oxygen atoms in total. The SMILES string of the molecule is CC(=O)NC1C(O)OC(COC2OC(C)C(O)C(O)C2O)C(OC2OC(CO)C(OC3OC(COC4OC(CO)C(O)C(O)C4OC4OC(CO)C(OC5OC(CO)C(O)C(O)C5OC5OC(C)C(O)C(O)C5O)C(O)C4NC(C)=O)C(O)C(OC4OC(CO)C(O)C(O)C4OC4OC(CO)C(OC5OC(CO)C(O)C(O)C5OC5OC(C)C(O)C(O)C5O)C(O)C4NC(C)=O)C3O)C(O)C2NC(C)=O)C1O. The quantitative estimate of drug-likeness (QED) is 0.0280. The predicted octanol–water partition coefficient (Wildman–Crippen LogP) is -23.5. The smallest absolute Gasteiger partial charge is 0.217 e. The van der Waals surface area contributed by atoms with Crippen molar-refractivity contribution < 1.29 is 286 Å². The lowest BCUT2D eigenvalue weighted by Gasteiger charge is -2.51. The molecular formula is C80H134N4O58. The number of carbonyl (C=O) groups excluding carboxylic acids is 4. The number of nitrogens with one attached hydrogen (secondary N) is 4. The number of hydrogen-bond acceptors (Lipinski definition) is 58. The van der Waals surface area contributed by atoms with Crippen LogP contribution in [0.15, 0.2) is 0 Å². The summed E-state index contributed by atoms with van der Waals surface area (Å²) in [7, 11) is 0. The van der Waals surface area contributed by atoms with Crippen molar-refractivity contribution in [2.75, 3.05) is 59.5 Å². The number of hydrogen-bond donors (Lipinski definition) is 35. The molecule has 62 heteroatoms. The maximum atomic E-state index is 13.4. The zero-order valence-corrected chi connectivity index (χ0v) is 76.9. The molecule has 0 radical (unpaired) electrons. The van der Waals surface area contributed by atoms with E-state index in [1.54, 1.807) is 0 Å². The molecule has 822 valence electrons. The lowest BCUT2D eigenvalue weighted by Crippen LogP contribution is -2.71. The molecule has 0 bridgehead atoms. The fourth-order valence-electron chi connectivity index (χ4n) is 18.6. The van der Waals surface area contributed by atoms with Crippen LogP contribution in [0.5, 0.6) is 0 Å². The highest BCUT2D eigenvalue weighted by Crippen LogP contribution is 2.43. The topological polar surface area (TPSA) is 956 Å². The van der Waals surface area contributed by atoms with Gasteiger partial charge in [-0.05, 0) is 20.8 Å². The van der Waals surface area contributed by atoms with E-state index in [0.717, 1.165) is 27.7 Å². The third-order valence-corrected chi connectivity index (χ3v) is 26.6. The molecule has 0 aromatic heterocycles. The summed E-state index contributed by atoms with van der Waals surface area (Å²) >= 11 is 0. The van der Waals surface area contributed by atoms with Gasteiger partial charge in [0.05, 0.1) is 77.8 Å². The van der Waals surface area contributed by atoms with Gasteiger partial charge in [-0.1, -0.05) is 0 Å². The second kappa shape index (κ2) is 50.3. The minimum Gasteiger partial charge on any atom is -0.394 e. The zero-order valence-electron chi connectivity index (χ0n) is 76.9. The van der Waals surface area contributed by atoms with Gasteiger partial charge in [-0.15, -0.1) is 0 Å². The minimum absolute atomic E-state index is 0.868. The van der Waals surface area contributed by atoms with E-state index in [1.807, 2.05) is 0 Å². The molecule has 0 saturated carbocycles. The van der Waals surface area contributed by atoms with E-state index in [0.29, 0.717) is 0 Å². The van der Waals surface area contributed by atoms with E-state index in [-0.39, 0.29) is 0 Å². The minimum atomic E-state index is -2.70. The summed E-state index contributed by atoms with van der Waals surface area (Å²) in [5, 5.41) is 360. The first-order chi connectivity index (χ1) is 67.1. The van der Waals surface area contributed by atoms with E-state index in [1.165, 1.54) is 20.8 Å². The molecule has 0 aromatic rings. The van der Waals surface area contributed by atoms with Gasteiger partial charge in [-0.3, -0.25) is 19.2 Å². The Morgan fingerprint density at radius 3 is 0.768 bits per heavy atom. The molecule has 35 N–H and O–H groups in total. The van der Waals surface area contributed by atoms with Crippen LogP contribution in [-0.4, -0.2) is 610 Å². The van der Waals surface area contributed by atoms with Gasteiger partial charge in [0.25, 0.3) is 0 Å². The van der Waals surface area contributed by atoms with E-state index < -0.39 is 451 Å². The number of aliphatic hydroxyl groups excluding tert-OH is 31. The first-order valence-electron chi connectivity index (χ1n) is 45.7. The summed E-state index contributed by atoms with van der Waals surface area (Å²) in [6.07, 6.45) is -117. The summed E-state index contributed by atoms with van der Waals surface area (Å²) in [6.45, 7) is -3.08. The van der Waals surface area contributed by atoms with Crippen LogP contribution in [0.1, 0.15) is 48.5 Å². The Morgan fingerprint density at radius 1 is 0.197 bits per heavy atom. The molecule has 0 aromatic carbocycles. The molecule has 0 spiro atoms. The van der Waals surface area contributed by atoms with Crippen LogP contribution in [0.2, 0.25) is 0 Å². The molecule has 12 rings (SSSR count). The van der Waals surface area contributed by atoms with Crippen LogP contribution in [0.4, 0.5) is 0 Å². The zero-order chi connectivity index (χ0) is 104. The average Bonchev–Trinajstić information content (AvgIpc) is 0.765. The molecule has 4 amide bonds. The first-order valence-corrected chi connectivity index (χ1v) is 45.7. The fraction of sp³-hybridized carbons (Fsp3) is 0.950. The second-order valence-electron chi connectivity index (χ2n) is 36.6. The van der Waals surface area contributed by atoms with Crippen molar-refractivity contribution in [1.29, 1.82) is 0 Å². The molecule has 60 unspecified atom stereocenters. The Labute approximate surface area is 805 Å². The molecule has 142 heavy (non-hydrogen) atoms. The third-order valence-electron chi connectivity index (χ3n) is 26.6. The summed E-state index contributed by atoms with van der Waals surface area (Å²) in [5.41, 5.74) is 0. The standard InChI is InChI=1S/C80H134N4O58/c1-17-37(96)49(108)56(115)73(122-17)120-16-32-63(45(104)33(69(119)125-32)81-20(4)92)134-70-34(82-21(5)93)46(105)60(28(12-89)130-70)135-76-59(118)64(138-80-66(53(112)41(100)27(11-88)129-80)140-72-36(84-23(7)95)48(107)62(30(14-91)132-72)137-79-68(55(114)43(102)26(10-87)128-79)142-75-58(117)51(110)39(98)19(3)124-75)44(103)31(133-76)15-121-77-65(52(111)40(99)24(8-85)126-77)139-71-35(83-22(6)94)47(106)61(29(13-90)131-71)136-78-67(54(113)42(101)25(9-86)127-78)141-74-57(116)50(109)38(97)18(2)123-74/h17-19,24-80,85-91,96-119H,8-16H2,1-7H3,(H,81,92)(H,82,93)(H,83,94)(H,84,95). The number of carbonyl (C=O) groups is 4. The highest BCUT2D eigenvalue weighted by Gasteiger charge is 2.64. The number of aliphatic hydroxyl groups is 31. The molecule has 12 aliphatic heterocycles. The first kappa shape index (κ1) is 116. The van der Waals surface area contributed by atoms with Crippen LogP contribution in [0.25, 0.3) is 0 Å². The Kier molecular flexibility index (Phi) is 41.2. The molecule has 12 saturated heterocycles. The van der Waals surface area contributed by atoms with Gasteiger partial charge in [0.15, 0.2) is 75.5 Å². The monoisotopic (exact) mass is 2080 g/mol. The molecule has 12 fully saturated rings. The van der Waals surface area contributed by atoms with Crippen molar-refractivity contribution in [1.82, 2.24) is 21.3 Å². The molecule has 0 aliphatic carbocycles. The fourth-order valence-corrected chi connectivity index (χ4v) is 18.6. The van der Waals surface area contributed by atoms with Gasteiger partial charge in [0.2, 0.25) is 23.6 Å². The van der Waals surface area contributed by atoms with Gasteiger partial charge < -0.3 is 289 Å². The summed E-state index contributed by atoms with van der Waals surface area (Å²) in [4.78, 5) is 52.5. The highest BCUT2D eigenvalue weighted by atomic mass is 16.8. The lowest BCUT2D eigenvalue weighted by molar-refractivity contribution is -0.402. The van der Waals surface area contributed by atoms with Gasteiger partial charge in [-0.2, -0.15) is 0 Å². The Balaban J connectivity index is 0.868. The number of ether oxygens (including phenoxy) is 23. The van der Waals surface area contributed by atoms with E-state index in [4.69, 9.17) is 109 Å².